The lowest BCUT2D eigenvalue weighted by Crippen LogP contribution is -2.30. The fourth-order valence-electron chi connectivity index (χ4n) is 2.09. The van der Waals surface area contributed by atoms with Gasteiger partial charge in [-0.2, -0.15) is 10.2 Å². The lowest BCUT2D eigenvalue weighted by Gasteiger charge is -2.05. The van der Waals surface area contributed by atoms with Gasteiger partial charge in [-0.3, -0.25) is 0 Å². The van der Waals surface area contributed by atoms with Gasteiger partial charge in [-0.1, -0.05) is 0 Å². The van der Waals surface area contributed by atoms with E-state index >= 15 is 0 Å². The van der Waals surface area contributed by atoms with Crippen LogP contribution in [0, 0.1) is 0 Å². The largest absolute Gasteiger partial charge is 0.497 e. The number of urea groups is 1. The molecule has 7 nitrogen and oxygen atoms in total. The van der Waals surface area contributed by atoms with Crippen LogP contribution >= 0.6 is 0 Å². The molecule has 0 heterocycles. The zero-order valence-electron chi connectivity index (χ0n) is 15.2. The van der Waals surface area contributed by atoms with E-state index in [4.69, 9.17) is 9.47 Å². The predicted octanol–water partition coefficient (Wildman–Crippen LogP) is 3.15. The average molecular weight is 354 g/mol. The number of methoxy groups -OCH3 is 2. The monoisotopic (exact) mass is 354 g/mol. The SMILES string of the molecule is COc1ccc(/C(C)=N/NC(=O)N/N=C(\C)c2ccc(OC)cc2)cc1. The van der Waals surface area contributed by atoms with Crippen molar-refractivity contribution in [3.05, 3.63) is 59.7 Å². The second-order valence-corrected chi connectivity index (χ2v) is 5.40. The van der Waals surface area contributed by atoms with Crippen molar-refractivity contribution in [2.45, 2.75) is 13.8 Å². The Morgan fingerprint density at radius 2 is 1.08 bits per heavy atom. The smallest absolute Gasteiger partial charge is 0.355 e. The van der Waals surface area contributed by atoms with E-state index < -0.39 is 6.03 Å². The number of hydrogen-bond donors (Lipinski definition) is 2. The zero-order chi connectivity index (χ0) is 18.9. The first-order chi connectivity index (χ1) is 12.5. The summed E-state index contributed by atoms with van der Waals surface area (Å²) in [6, 6.07) is 14.3. The molecule has 2 N–H and O–H groups in total. The van der Waals surface area contributed by atoms with Crippen molar-refractivity contribution in [1.29, 1.82) is 0 Å². The van der Waals surface area contributed by atoms with E-state index in [1.807, 2.05) is 48.5 Å². The molecule has 2 rings (SSSR count). The number of hydrazone groups is 2. The third-order valence-corrected chi connectivity index (χ3v) is 3.67. The van der Waals surface area contributed by atoms with Crippen LogP contribution in [0.2, 0.25) is 0 Å². The summed E-state index contributed by atoms with van der Waals surface area (Å²) < 4.78 is 10.2. The van der Waals surface area contributed by atoms with Crippen LogP contribution in [0.4, 0.5) is 4.79 Å². The number of carbonyl (C=O) groups is 1. The van der Waals surface area contributed by atoms with Gasteiger partial charge >= 0.3 is 6.03 Å². The Labute approximate surface area is 152 Å². The van der Waals surface area contributed by atoms with Gasteiger partial charge in [0.05, 0.1) is 25.6 Å². The predicted molar refractivity (Wildman–Crippen MR) is 102 cm³/mol. The molecule has 0 unspecified atom stereocenters. The molecule has 0 saturated heterocycles. The first-order valence-electron chi connectivity index (χ1n) is 7.97. The molecule has 0 saturated carbocycles. The summed E-state index contributed by atoms with van der Waals surface area (Å²) in [6.45, 7) is 3.60. The number of nitrogens with one attached hydrogen (secondary N) is 2. The molecule has 0 fully saturated rings. The highest BCUT2D eigenvalue weighted by molar-refractivity contribution is 6.00. The molecule has 136 valence electrons. The highest BCUT2D eigenvalue weighted by Crippen LogP contribution is 2.12. The number of amides is 2. The number of ether oxygens (including phenoxy) is 2. The van der Waals surface area contributed by atoms with Gasteiger partial charge in [0.2, 0.25) is 0 Å². The van der Waals surface area contributed by atoms with Gasteiger partial charge < -0.3 is 9.47 Å². The van der Waals surface area contributed by atoms with Crippen molar-refractivity contribution >= 4 is 17.5 Å². The fourth-order valence-corrected chi connectivity index (χ4v) is 2.09. The minimum atomic E-state index is -0.522. The van der Waals surface area contributed by atoms with Crippen molar-refractivity contribution in [3.63, 3.8) is 0 Å². The summed E-state index contributed by atoms with van der Waals surface area (Å²) in [4.78, 5) is 11.8. The molecule has 0 aliphatic heterocycles. The Morgan fingerprint density at radius 3 is 1.38 bits per heavy atom. The van der Waals surface area contributed by atoms with Crippen molar-refractivity contribution in [3.8, 4) is 11.5 Å². The highest BCUT2D eigenvalue weighted by atomic mass is 16.5. The zero-order valence-corrected chi connectivity index (χ0v) is 15.2. The first kappa shape index (κ1) is 19.0. The molecular weight excluding hydrogens is 332 g/mol. The van der Waals surface area contributed by atoms with Crippen LogP contribution in [0.1, 0.15) is 25.0 Å². The number of hydrogen-bond acceptors (Lipinski definition) is 5. The summed E-state index contributed by atoms with van der Waals surface area (Å²) in [5.74, 6) is 1.52. The Bertz CT molecular complexity index is 729. The lowest BCUT2D eigenvalue weighted by atomic mass is 10.1. The van der Waals surface area contributed by atoms with Gasteiger partial charge in [0.1, 0.15) is 11.5 Å². The maximum absolute atomic E-state index is 11.8. The standard InChI is InChI=1S/C19H22N4O3/c1-13(15-5-9-17(25-3)10-6-15)20-22-19(24)23-21-14(2)16-7-11-18(26-4)12-8-16/h5-12H,1-4H3,(H2,22,23,24)/b20-13+,21-14+. The average Bonchev–Trinajstić information content (AvgIpc) is 2.70. The number of carbonyl (C=O) groups excluding carboxylic acids is 1. The Kier molecular flexibility index (Phi) is 6.73. The lowest BCUT2D eigenvalue weighted by molar-refractivity contribution is 0.242. The van der Waals surface area contributed by atoms with E-state index in [9.17, 15) is 4.79 Å². The Hall–Kier alpha value is -3.35. The van der Waals surface area contributed by atoms with Gasteiger partial charge in [0, 0.05) is 0 Å². The van der Waals surface area contributed by atoms with E-state index in [2.05, 4.69) is 21.1 Å². The molecule has 0 bridgehead atoms. The van der Waals surface area contributed by atoms with E-state index in [-0.39, 0.29) is 0 Å². The molecule has 2 aromatic carbocycles. The molecule has 0 radical (unpaired) electrons. The molecule has 0 aliphatic rings. The van der Waals surface area contributed by atoms with Gasteiger partial charge in [0.25, 0.3) is 0 Å². The first-order valence-corrected chi connectivity index (χ1v) is 7.97. The number of rotatable bonds is 6. The summed E-state index contributed by atoms with van der Waals surface area (Å²) >= 11 is 0. The number of nitrogens with zero attached hydrogens (tertiary/aromatic N) is 2. The van der Waals surface area contributed by atoms with Gasteiger partial charge in [-0.15, -0.1) is 0 Å². The Morgan fingerprint density at radius 1 is 0.731 bits per heavy atom. The van der Waals surface area contributed by atoms with Crippen LogP contribution in [0.15, 0.2) is 58.7 Å². The maximum Gasteiger partial charge on any atom is 0.355 e. The summed E-state index contributed by atoms with van der Waals surface area (Å²) in [5.41, 5.74) is 7.92. The van der Waals surface area contributed by atoms with Crippen molar-refractivity contribution in [2.75, 3.05) is 14.2 Å². The summed E-state index contributed by atoms with van der Waals surface area (Å²) in [7, 11) is 3.21. The van der Waals surface area contributed by atoms with E-state index in [0.717, 1.165) is 22.6 Å². The third-order valence-electron chi connectivity index (χ3n) is 3.67. The van der Waals surface area contributed by atoms with Crippen LogP contribution in [0.3, 0.4) is 0 Å². The molecule has 0 aromatic heterocycles. The summed E-state index contributed by atoms with van der Waals surface area (Å²) in [6.07, 6.45) is 0. The van der Waals surface area contributed by atoms with E-state index in [0.29, 0.717) is 11.4 Å². The molecule has 7 heteroatoms. The quantitative estimate of drug-likeness (QED) is 0.617. The van der Waals surface area contributed by atoms with Crippen molar-refractivity contribution in [2.24, 2.45) is 10.2 Å². The molecule has 0 spiro atoms. The molecule has 2 amide bonds. The normalized spacial score (nSPS) is 11.7. The van der Waals surface area contributed by atoms with E-state index in [1.165, 1.54) is 0 Å². The molecule has 2 aromatic rings. The minimum Gasteiger partial charge on any atom is -0.497 e. The third kappa shape index (κ3) is 5.34. The molecule has 0 aliphatic carbocycles. The van der Waals surface area contributed by atoms with Crippen LogP contribution in [0.25, 0.3) is 0 Å². The maximum atomic E-state index is 11.8. The fraction of sp³-hybridized carbons (Fsp3) is 0.211. The number of benzene rings is 2. The van der Waals surface area contributed by atoms with Crippen LogP contribution in [-0.2, 0) is 0 Å². The Balaban J connectivity index is 1.92. The highest BCUT2D eigenvalue weighted by Gasteiger charge is 2.02. The van der Waals surface area contributed by atoms with E-state index in [1.54, 1.807) is 28.1 Å². The minimum absolute atomic E-state index is 0.522. The second kappa shape index (κ2) is 9.22. The molecule has 26 heavy (non-hydrogen) atoms. The summed E-state index contributed by atoms with van der Waals surface area (Å²) in [5, 5.41) is 8.10. The van der Waals surface area contributed by atoms with Crippen molar-refractivity contribution in [1.82, 2.24) is 10.9 Å². The molecular formula is C19H22N4O3. The van der Waals surface area contributed by atoms with Crippen LogP contribution in [0.5, 0.6) is 11.5 Å². The van der Waals surface area contributed by atoms with Crippen molar-refractivity contribution < 1.29 is 14.3 Å². The van der Waals surface area contributed by atoms with Gasteiger partial charge in [-0.25, -0.2) is 15.6 Å². The van der Waals surface area contributed by atoms with Crippen LogP contribution in [-0.4, -0.2) is 31.7 Å². The van der Waals surface area contributed by atoms with Crippen LogP contribution < -0.4 is 20.3 Å². The topological polar surface area (TPSA) is 84.3 Å². The molecule has 0 atom stereocenters. The second-order valence-electron chi connectivity index (χ2n) is 5.40. The van der Waals surface area contributed by atoms with Gasteiger partial charge in [0.15, 0.2) is 0 Å². The van der Waals surface area contributed by atoms with Gasteiger partial charge in [-0.05, 0) is 73.5 Å².